The number of amides is 1. The summed E-state index contributed by atoms with van der Waals surface area (Å²) in [6.45, 7) is 1.49. The van der Waals surface area contributed by atoms with Crippen LogP contribution in [0.3, 0.4) is 0 Å². The second-order valence-corrected chi connectivity index (χ2v) is 6.24. The summed E-state index contributed by atoms with van der Waals surface area (Å²) in [5.41, 5.74) is 4.31. The average Bonchev–Trinajstić information content (AvgIpc) is 3.10. The van der Waals surface area contributed by atoms with Gasteiger partial charge in [0.05, 0.1) is 12.8 Å². The SMILES string of the molecule is COc1ccccc1Nc1nc2ccc(-c3ccc(NC(C)=O)cc3)cn2n1. The molecular weight excluding hydrogens is 354 g/mol. The van der Waals surface area contributed by atoms with Crippen LogP contribution in [0.4, 0.5) is 17.3 Å². The molecule has 0 aliphatic rings. The Balaban J connectivity index is 1.60. The van der Waals surface area contributed by atoms with E-state index in [4.69, 9.17) is 4.74 Å². The van der Waals surface area contributed by atoms with E-state index in [-0.39, 0.29) is 5.91 Å². The summed E-state index contributed by atoms with van der Waals surface area (Å²) in [6.07, 6.45) is 1.92. The Kier molecular flexibility index (Phi) is 4.63. The summed E-state index contributed by atoms with van der Waals surface area (Å²) >= 11 is 0. The van der Waals surface area contributed by atoms with Gasteiger partial charge in [0.2, 0.25) is 11.9 Å². The number of nitrogens with one attached hydrogen (secondary N) is 2. The average molecular weight is 373 g/mol. The largest absolute Gasteiger partial charge is 0.495 e. The van der Waals surface area contributed by atoms with Crippen LogP contribution in [-0.4, -0.2) is 27.6 Å². The standard InChI is InChI=1S/C21H19N5O2/c1-14(27)22-17-10-7-15(8-11-17)16-9-12-20-24-21(25-26(20)13-16)23-18-5-3-4-6-19(18)28-2/h3-13H,1-2H3,(H,22,27)(H,23,25). The van der Waals surface area contributed by atoms with Crippen molar-refractivity contribution in [1.82, 2.24) is 14.6 Å². The molecule has 7 heteroatoms. The zero-order valence-electron chi connectivity index (χ0n) is 15.5. The minimum absolute atomic E-state index is 0.0909. The van der Waals surface area contributed by atoms with Gasteiger partial charge in [-0.2, -0.15) is 4.98 Å². The van der Waals surface area contributed by atoms with Crippen molar-refractivity contribution >= 4 is 28.9 Å². The zero-order chi connectivity index (χ0) is 19.5. The van der Waals surface area contributed by atoms with Gasteiger partial charge in [-0.05, 0) is 42.0 Å². The lowest BCUT2D eigenvalue weighted by molar-refractivity contribution is -0.114. The van der Waals surface area contributed by atoms with E-state index in [9.17, 15) is 4.79 Å². The Hall–Kier alpha value is -3.87. The first-order valence-electron chi connectivity index (χ1n) is 8.77. The normalized spacial score (nSPS) is 10.6. The fraction of sp³-hybridized carbons (Fsp3) is 0.0952. The molecule has 0 aliphatic carbocycles. The second-order valence-electron chi connectivity index (χ2n) is 6.24. The first-order valence-corrected chi connectivity index (χ1v) is 8.77. The summed E-state index contributed by atoms with van der Waals surface area (Å²) < 4.78 is 7.08. The highest BCUT2D eigenvalue weighted by Crippen LogP contribution is 2.26. The lowest BCUT2D eigenvalue weighted by Gasteiger charge is -2.07. The molecule has 0 aliphatic heterocycles. The molecule has 4 rings (SSSR count). The fourth-order valence-electron chi connectivity index (χ4n) is 2.92. The van der Waals surface area contributed by atoms with Crippen LogP contribution in [-0.2, 0) is 4.79 Å². The van der Waals surface area contributed by atoms with Gasteiger partial charge >= 0.3 is 0 Å². The number of hydrogen-bond acceptors (Lipinski definition) is 5. The van der Waals surface area contributed by atoms with Crippen LogP contribution in [0, 0.1) is 0 Å². The molecule has 7 nitrogen and oxygen atoms in total. The number of methoxy groups -OCH3 is 1. The van der Waals surface area contributed by atoms with Gasteiger partial charge in [0.1, 0.15) is 5.75 Å². The van der Waals surface area contributed by atoms with Crippen molar-refractivity contribution in [2.24, 2.45) is 0 Å². The van der Waals surface area contributed by atoms with Gasteiger partial charge in [-0.1, -0.05) is 24.3 Å². The van der Waals surface area contributed by atoms with Crippen molar-refractivity contribution in [1.29, 1.82) is 0 Å². The highest BCUT2D eigenvalue weighted by Gasteiger charge is 2.08. The highest BCUT2D eigenvalue weighted by molar-refractivity contribution is 5.89. The van der Waals surface area contributed by atoms with E-state index in [0.717, 1.165) is 33.9 Å². The van der Waals surface area contributed by atoms with Crippen molar-refractivity contribution < 1.29 is 9.53 Å². The van der Waals surface area contributed by atoms with E-state index in [1.807, 2.05) is 66.9 Å². The minimum atomic E-state index is -0.0909. The maximum Gasteiger partial charge on any atom is 0.247 e. The molecule has 0 bridgehead atoms. The molecule has 4 aromatic rings. The third kappa shape index (κ3) is 3.64. The van der Waals surface area contributed by atoms with Gasteiger partial charge in [0.25, 0.3) is 0 Å². The molecule has 2 aromatic carbocycles. The minimum Gasteiger partial charge on any atom is -0.495 e. The number of rotatable bonds is 5. The number of benzene rings is 2. The molecule has 28 heavy (non-hydrogen) atoms. The van der Waals surface area contributed by atoms with Crippen molar-refractivity contribution in [3.63, 3.8) is 0 Å². The fourth-order valence-corrected chi connectivity index (χ4v) is 2.92. The van der Waals surface area contributed by atoms with Gasteiger partial charge in [-0.15, -0.1) is 5.10 Å². The molecule has 2 N–H and O–H groups in total. The van der Waals surface area contributed by atoms with Gasteiger partial charge in [0, 0.05) is 24.4 Å². The van der Waals surface area contributed by atoms with Crippen molar-refractivity contribution in [3.05, 3.63) is 66.9 Å². The molecule has 140 valence electrons. The second kappa shape index (κ2) is 7.40. The van der Waals surface area contributed by atoms with Crippen LogP contribution in [0.5, 0.6) is 5.75 Å². The summed E-state index contributed by atoms with van der Waals surface area (Å²) in [5, 5.41) is 10.5. The van der Waals surface area contributed by atoms with E-state index < -0.39 is 0 Å². The first kappa shape index (κ1) is 17.5. The van der Waals surface area contributed by atoms with Crippen LogP contribution in [0.2, 0.25) is 0 Å². The summed E-state index contributed by atoms with van der Waals surface area (Å²) in [4.78, 5) is 15.6. The van der Waals surface area contributed by atoms with E-state index in [0.29, 0.717) is 5.95 Å². The number of nitrogens with zero attached hydrogens (tertiary/aromatic N) is 3. The zero-order valence-corrected chi connectivity index (χ0v) is 15.5. The molecule has 0 atom stereocenters. The Morgan fingerprint density at radius 1 is 1.00 bits per heavy atom. The Morgan fingerprint density at radius 2 is 1.75 bits per heavy atom. The Bertz CT molecular complexity index is 1140. The van der Waals surface area contributed by atoms with Crippen LogP contribution >= 0.6 is 0 Å². The molecule has 1 amide bonds. The van der Waals surface area contributed by atoms with E-state index in [1.54, 1.807) is 11.6 Å². The number of ether oxygens (including phenoxy) is 1. The third-order valence-corrected chi connectivity index (χ3v) is 4.22. The number of pyridine rings is 1. The summed E-state index contributed by atoms with van der Waals surface area (Å²) in [7, 11) is 1.63. The number of anilines is 3. The maximum atomic E-state index is 11.1. The summed E-state index contributed by atoms with van der Waals surface area (Å²) in [5.74, 6) is 1.12. The molecule has 2 heterocycles. The smallest absolute Gasteiger partial charge is 0.247 e. The van der Waals surface area contributed by atoms with Crippen LogP contribution in [0.25, 0.3) is 16.8 Å². The van der Waals surface area contributed by atoms with Crippen molar-refractivity contribution in [2.45, 2.75) is 6.92 Å². The molecule has 0 fully saturated rings. The number of hydrogen-bond donors (Lipinski definition) is 2. The molecule has 0 unspecified atom stereocenters. The maximum absolute atomic E-state index is 11.1. The monoisotopic (exact) mass is 373 g/mol. The van der Waals surface area contributed by atoms with Gasteiger partial charge in [0.15, 0.2) is 5.65 Å². The molecule has 2 aromatic heterocycles. The Morgan fingerprint density at radius 3 is 2.50 bits per heavy atom. The molecule has 0 saturated carbocycles. The lowest BCUT2D eigenvalue weighted by Crippen LogP contribution is -2.05. The quantitative estimate of drug-likeness (QED) is 0.550. The topological polar surface area (TPSA) is 80.5 Å². The Labute approximate surface area is 162 Å². The number of carbonyl (C=O) groups is 1. The predicted octanol–water partition coefficient (Wildman–Crippen LogP) is 4.11. The molecule has 0 saturated heterocycles. The molecule has 0 radical (unpaired) electrons. The number of carbonyl (C=O) groups excluding carboxylic acids is 1. The van der Waals surface area contributed by atoms with Crippen molar-refractivity contribution in [2.75, 3.05) is 17.7 Å². The van der Waals surface area contributed by atoms with Crippen LogP contribution in [0.1, 0.15) is 6.92 Å². The van der Waals surface area contributed by atoms with Crippen molar-refractivity contribution in [3.8, 4) is 16.9 Å². The molecule has 0 spiro atoms. The van der Waals surface area contributed by atoms with Gasteiger partial charge in [-0.25, -0.2) is 4.52 Å². The van der Waals surface area contributed by atoms with Crippen LogP contribution in [0.15, 0.2) is 66.9 Å². The molecular formula is C21H19N5O2. The highest BCUT2D eigenvalue weighted by atomic mass is 16.5. The number of fused-ring (bicyclic) bond motifs is 1. The number of aromatic nitrogens is 3. The van der Waals surface area contributed by atoms with Crippen LogP contribution < -0.4 is 15.4 Å². The summed E-state index contributed by atoms with van der Waals surface area (Å²) in [6, 6.07) is 19.2. The first-order chi connectivity index (χ1) is 13.6. The van der Waals surface area contributed by atoms with E-state index >= 15 is 0 Å². The van der Waals surface area contributed by atoms with E-state index in [1.165, 1.54) is 6.92 Å². The predicted molar refractivity (Wildman–Crippen MR) is 109 cm³/mol. The van der Waals surface area contributed by atoms with Gasteiger partial charge < -0.3 is 15.4 Å². The third-order valence-electron chi connectivity index (χ3n) is 4.22. The number of para-hydroxylation sites is 2. The van der Waals surface area contributed by atoms with Gasteiger partial charge in [-0.3, -0.25) is 4.79 Å². The lowest BCUT2D eigenvalue weighted by atomic mass is 10.1. The van der Waals surface area contributed by atoms with E-state index in [2.05, 4.69) is 20.7 Å².